The van der Waals surface area contributed by atoms with Crippen LogP contribution >= 0.6 is 30.3 Å². The molecule has 4 heterocycles. The first kappa shape index (κ1) is 35.1. The van der Waals surface area contributed by atoms with Crippen LogP contribution in [0.1, 0.15) is 69.9 Å². The smallest absolute Gasteiger partial charge is 0.410 e. The van der Waals surface area contributed by atoms with Crippen LogP contribution in [-0.4, -0.2) is 53.9 Å². The van der Waals surface area contributed by atoms with Crippen LogP contribution in [0.4, 0.5) is 4.79 Å². The Morgan fingerprint density at radius 3 is 2.38 bits per heavy atom. The van der Waals surface area contributed by atoms with Gasteiger partial charge in [-0.05, 0) is 113 Å². The Balaban J connectivity index is 1.19. The van der Waals surface area contributed by atoms with Crippen molar-refractivity contribution in [2.45, 2.75) is 70.8 Å². The monoisotopic (exact) mass is 801 g/mol. The molecule has 8 nitrogen and oxygen atoms in total. The van der Waals surface area contributed by atoms with Crippen LogP contribution in [0.2, 0.25) is 0 Å². The molecule has 0 radical (unpaired) electrons. The first-order chi connectivity index (χ1) is 23.0. The molecule has 48 heavy (non-hydrogen) atoms. The standard InChI is InChI=1S/C37H44IN3O5S2/c1-37(2,3)46-36(43)40-18-13-26(14-19-40)6-5-25-7-10-29(11-8-25)45-33-12-9-28(27-16-21-48(44)22-17-27)23-31(33)32-24-39(4)35(42)34-30(32)15-20-41(34)47-38/h7-12,15,20,23-24,26-27H,5-6,13-14,16-19,21-22H2,1-4H3. The molecular formula is C37H44IN3O5S2. The quantitative estimate of drug-likeness (QED) is 0.166. The summed E-state index contributed by atoms with van der Waals surface area (Å²) >= 11 is 2.20. The molecule has 0 N–H and O–H groups in total. The Bertz CT molecular complexity index is 1850. The van der Waals surface area contributed by atoms with E-state index in [1.165, 1.54) is 20.2 Å². The molecule has 2 aliphatic heterocycles. The Morgan fingerprint density at radius 2 is 1.71 bits per heavy atom. The molecule has 11 heteroatoms. The fourth-order valence-electron chi connectivity index (χ4n) is 6.78. The van der Waals surface area contributed by atoms with E-state index in [4.69, 9.17) is 9.47 Å². The van der Waals surface area contributed by atoms with Gasteiger partial charge in [-0.1, -0.05) is 18.2 Å². The summed E-state index contributed by atoms with van der Waals surface area (Å²) in [6.45, 7) is 7.21. The van der Waals surface area contributed by atoms with Gasteiger partial charge in [-0.25, -0.2) is 4.79 Å². The number of nitrogens with zero attached hydrogens (tertiary/aromatic N) is 3. The molecule has 0 unspecified atom stereocenters. The first-order valence-corrected chi connectivity index (χ1v) is 21.5. The number of halogens is 1. The summed E-state index contributed by atoms with van der Waals surface area (Å²) in [4.78, 5) is 27.5. The number of pyridine rings is 1. The van der Waals surface area contributed by atoms with Gasteiger partial charge < -0.3 is 18.9 Å². The van der Waals surface area contributed by atoms with Crippen molar-refractivity contribution < 1.29 is 18.5 Å². The second kappa shape index (κ2) is 15.0. The highest BCUT2D eigenvalue weighted by Gasteiger charge is 2.27. The van der Waals surface area contributed by atoms with E-state index in [1.54, 1.807) is 11.6 Å². The third-order valence-electron chi connectivity index (χ3n) is 9.47. The van der Waals surface area contributed by atoms with Gasteiger partial charge in [0, 0.05) is 102 Å². The van der Waals surface area contributed by atoms with Gasteiger partial charge in [-0.3, -0.25) is 13.0 Å². The van der Waals surface area contributed by atoms with Crippen molar-refractivity contribution in [3.8, 4) is 22.6 Å². The topological polar surface area (TPSA) is 82.8 Å². The van der Waals surface area contributed by atoms with Gasteiger partial charge in [-0.2, -0.15) is 0 Å². The normalized spacial score (nSPS) is 19.1. The predicted octanol–water partition coefficient (Wildman–Crippen LogP) is 8.85. The molecular weight excluding hydrogens is 757 g/mol. The van der Waals surface area contributed by atoms with E-state index in [0.717, 1.165) is 91.1 Å². The zero-order valence-electron chi connectivity index (χ0n) is 28.1. The largest absolute Gasteiger partial charge is 0.457 e. The minimum Gasteiger partial charge on any atom is -0.457 e. The maximum Gasteiger partial charge on any atom is 0.410 e. The second-order valence-corrected chi connectivity index (χ2v) is 17.4. The molecule has 0 saturated carbocycles. The fourth-order valence-corrected chi connectivity index (χ4v) is 9.42. The highest BCUT2D eigenvalue weighted by Crippen LogP contribution is 2.41. The van der Waals surface area contributed by atoms with Crippen molar-refractivity contribution in [1.29, 1.82) is 0 Å². The molecule has 2 aromatic heterocycles. The minimum atomic E-state index is -0.729. The zero-order valence-corrected chi connectivity index (χ0v) is 31.9. The summed E-state index contributed by atoms with van der Waals surface area (Å²) in [6, 6.07) is 16.8. The minimum absolute atomic E-state index is 0.0412. The van der Waals surface area contributed by atoms with E-state index in [2.05, 4.69) is 51.5 Å². The second-order valence-electron chi connectivity index (χ2n) is 14.0. The molecule has 256 valence electrons. The molecule has 2 saturated heterocycles. The van der Waals surface area contributed by atoms with Gasteiger partial charge in [-0.15, -0.1) is 0 Å². The lowest BCUT2D eigenvalue weighted by molar-refractivity contribution is 0.0181. The number of fused-ring (bicyclic) bond motifs is 1. The van der Waals surface area contributed by atoms with E-state index in [-0.39, 0.29) is 11.7 Å². The van der Waals surface area contributed by atoms with Crippen molar-refractivity contribution in [1.82, 2.24) is 13.4 Å². The zero-order chi connectivity index (χ0) is 34.0. The Morgan fingerprint density at radius 1 is 1.00 bits per heavy atom. The van der Waals surface area contributed by atoms with Crippen LogP contribution in [0.25, 0.3) is 22.0 Å². The third-order valence-corrected chi connectivity index (χ3v) is 12.6. The molecule has 1 amide bonds. The van der Waals surface area contributed by atoms with Gasteiger partial charge in [0.15, 0.2) is 0 Å². The number of likely N-dealkylation sites (tertiary alicyclic amines) is 1. The van der Waals surface area contributed by atoms with E-state index in [0.29, 0.717) is 17.4 Å². The maximum absolute atomic E-state index is 13.2. The number of amides is 1. The SMILES string of the molecule is Cn1cc(-c2cc(C3CCS(=O)CC3)ccc2Oc2ccc(CCC3CCN(C(=O)OC(C)(C)C)CC3)cc2)c2ccn(SI)c2c1=O. The summed E-state index contributed by atoms with van der Waals surface area (Å²) < 4.78 is 27.8. The van der Waals surface area contributed by atoms with Crippen molar-refractivity contribution in [3.05, 3.63) is 82.4 Å². The Kier molecular flexibility index (Phi) is 11.0. The number of rotatable bonds is 8. The Labute approximate surface area is 301 Å². The predicted molar refractivity (Wildman–Crippen MR) is 205 cm³/mol. The van der Waals surface area contributed by atoms with E-state index in [9.17, 15) is 13.8 Å². The van der Waals surface area contributed by atoms with Crippen molar-refractivity contribution >= 4 is 58.1 Å². The molecule has 0 spiro atoms. The summed E-state index contributed by atoms with van der Waals surface area (Å²) in [5.74, 6) is 3.89. The first-order valence-electron chi connectivity index (χ1n) is 16.7. The molecule has 4 aromatic rings. The summed E-state index contributed by atoms with van der Waals surface area (Å²) in [5, 5.41) is 0.890. The molecule has 2 fully saturated rings. The number of hydrogen-bond acceptors (Lipinski definition) is 6. The number of carbonyl (C=O) groups is 1. The number of aromatic nitrogens is 2. The summed E-state index contributed by atoms with van der Waals surface area (Å²) in [6.07, 6.45) is 9.51. The van der Waals surface area contributed by atoms with Crippen molar-refractivity contribution in [2.75, 3.05) is 24.6 Å². The molecule has 0 bridgehead atoms. The van der Waals surface area contributed by atoms with E-state index >= 15 is 0 Å². The van der Waals surface area contributed by atoms with Crippen LogP contribution < -0.4 is 10.3 Å². The number of aryl methyl sites for hydroxylation is 2. The average molecular weight is 802 g/mol. The maximum atomic E-state index is 13.2. The van der Waals surface area contributed by atoms with Crippen LogP contribution in [0.5, 0.6) is 11.5 Å². The number of hydrogen-bond donors (Lipinski definition) is 0. The van der Waals surface area contributed by atoms with Gasteiger partial charge in [0.1, 0.15) is 22.6 Å². The van der Waals surface area contributed by atoms with Crippen LogP contribution in [0.15, 0.2) is 65.7 Å². The molecule has 2 aliphatic rings. The van der Waals surface area contributed by atoms with Crippen LogP contribution in [0.3, 0.4) is 0 Å². The number of ether oxygens (including phenoxy) is 2. The lowest BCUT2D eigenvalue weighted by atomic mass is 9.90. The number of carbonyl (C=O) groups excluding carboxylic acids is 1. The van der Waals surface area contributed by atoms with E-state index < -0.39 is 16.4 Å². The highest BCUT2D eigenvalue weighted by atomic mass is 127. The lowest BCUT2D eigenvalue weighted by Crippen LogP contribution is -2.41. The van der Waals surface area contributed by atoms with Gasteiger partial charge >= 0.3 is 6.09 Å². The van der Waals surface area contributed by atoms with Crippen LogP contribution in [0, 0.1) is 5.92 Å². The van der Waals surface area contributed by atoms with Gasteiger partial charge in [0.2, 0.25) is 0 Å². The van der Waals surface area contributed by atoms with Crippen molar-refractivity contribution in [3.63, 3.8) is 0 Å². The molecule has 0 aliphatic carbocycles. The third kappa shape index (κ3) is 8.16. The van der Waals surface area contributed by atoms with Crippen molar-refractivity contribution in [2.24, 2.45) is 13.0 Å². The summed E-state index contributed by atoms with van der Waals surface area (Å²) in [7, 11) is 2.54. The fraction of sp³-hybridized carbons (Fsp3) is 0.459. The number of piperidine rings is 1. The van der Waals surface area contributed by atoms with Crippen LogP contribution in [-0.2, 0) is 29.0 Å². The average Bonchev–Trinajstić information content (AvgIpc) is 3.51. The van der Waals surface area contributed by atoms with Gasteiger partial charge in [0.05, 0.1) is 0 Å². The summed E-state index contributed by atoms with van der Waals surface area (Å²) in [5.41, 5.74) is 4.51. The molecule has 6 rings (SSSR count). The molecule has 2 aromatic carbocycles. The number of benzene rings is 2. The van der Waals surface area contributed by atoms with Gasteiger partial charge in [0.25, 0.3) is 5.56 Å². The van der Waals surface area contributed by atoms with E-state index in [1.807, 2.05) is 60.2 Å². The molecule has 0 atom stereocenters. The highest BCUT2D eigenvalue weighted by molar-refractivity contribution is 14.2. The lowest BCUT2D eigenvalue weighted by Gasteiger charge is -2.33. The Hall–Kier alpha value is -2.77.